The van der Waals surface area contributed by atoms with E-state index in [9.17, 15) is 9.59 Å². The van der Waals surface area contributed by atoms with Crippen molar-refractivity contribution in [2.45, 2.75) is 51.1 Å². The predicted octanol–water partition coefficient (Wildman–Crippen LogP) is -0.886. The van der Waals surface area contributed by atoms with E-state index in [1.165, 1.54) is 7.11 Å². The van der Waals surface area contributed by atoms with Gasteiger partial charge in [-0.25, -0.2) is 9.78 Å². The summed E-state index contributed by atoms with van der Waals surface area (Å²) in [4.78, 5) is 35.4. The van der Waals surface area contributed by atoms with E-state index >= 15 is 0 Å². The Balaban J connectivity index is 2.60. The highest BCUT2D eigenvalue weighted by Gasteiger charge is 2.24. The summed E-state index contributed by atoms with van der Waals surface area (Å²) in [6, 6.07) is -1.62. The molecule has 0 bridgehead atoms. The molecule has 0 fully saturated rings. The second-order valence-electron chi connectivity index (χ2n) is 6.29. The molecule has 10 heteroatoms. The van der Waals surface area contributed by atoms with Crippen LogP contribution in [0.25, 0.3) is 0 Å². The maximum absolute atomic E-state index is 12.3. The van der Waals surface area contributed by atoms with E-state index in [-0.39, 0.29) is 18.3 Å². The first-order chi connectivity index (χ1) is 12.2. The van der Waals surface area contributed by atoms with Crippen LogP contribution in [-0.4, -0.2) is 53.5 Å². The molecule has 146 valence electrons. The van der Waals surface area contributed by atoms with Crippen molar-refractivity contribution < 1.29 is 14.3 Å². The molecule has 2 atom stereocenters. The minimum Gasteiger partial charge on any atom is -0.467 e. The highest BCUT2D eigenvalue weighted by Crippen LogP contribution is 2.10. The molecule has 1 amide bonds. The number of amides is 1. The van der Waals surface area contributed by atoms with Crippen molar-refractivity contribution in [1.82, 2.24) is 15.3 Å². The highest BCUT2D eigenvalue weighted by atomic mass is 16.5. The van der Waals surface area contributed by atoms with E-state index < -0.39 is 24.0 Å². The number of guanidine groups is 1. The van der Waals surface area contributed by atoms with Crippen LogP contribution in [-0.2, 0) is 20.7 Å². The van der Waals surface area contributed by atoms with Gasteiger partial charge in [-0.2, -0.15) is 0 Å². The van der Waals surface area contributed by atoms with Crippen LogP contribution in [0.15, 0.2) is 11.2 Å². The summed E-state index contributed by atoms with van der Waals surface area (Å²) < 4.78 is 4.72. The minimum absolute atomic E-state index is 0.0222. The topological polar surface area (TPSA) is 174 Å². The van der Waals surface area contributed by atoms with Gasteiger partial charge in [0.1, 0.15) is 11.9 Å². The normalized spacial score (nSPS) is 13.1. The van der Waals surface area contributed by atoms with Gasteiger partial charge in [0.25, 0.3) is 0 Å². The lowest BCUT2D eigenvalue weighted by molar-refractivity contribution is -0.145. The molecule has 0 saturated carbocycles. The molecule has 26 heavy (non-hydrogen) atoms. The van der Waals surface area contributed by atoms with Crippen molar-refractivity contribution in [1.29, 1.82) is 0 Å². The average Bonchev–Trinajstić information content (AvgIpc) is 3.05. The number of rotatable bonds is 10. The van der Waals surface area contributed by atoms with E-state index in [4.69, 9.17) is 21.9 Å². The molecule has 1 aromatic heterocycles. The van der Waals surface area contributed by atoms with Crippen LogP contribution in [0.3, 0.4) is 0 Å². The number of H-pyrrole nitrogens is 1. The molecule has 10 nitrogen and oxygen atoms in total. The largest absolute Gasteiger partial charge is 0.467 e. The molecule has 0 unspecified atom stereocenters. The third-order valence-electron chi connectivity index (χ3n) is 3.72. The van der Waals surface area contributed by atoms with Crippen molar-refractivity contribution in [2.75, 3.05) is 13.7 Å². The molecular formula is C16H29N7O3. The zero-order valence-corrected chi connectivity index (χ0v) is 15.5. The van der Waals surface area contributed by atoms with Gasteiger partial charge in [-0.05, 0) is 12.8 Å². The van der Waals surface area contributed by atoms with E-state index in [0.29, 0.717) is 19.4 Å². The Labute approximate surface area is 153 Å². The SMILES string of the molecule is COC(=O)[C@H](CCCN=C(N)N)NC(=O)[C@@H](N)Cc1cnc(C(C)C)[nH]1. The Morgan fingerprint density at radius 3 is 2.62 bits per heavy atom. The second-order valence-corrected chi connectivity index (χ2v) is 6.29. The molecule has 1 heterocycles. The number of carbonyl (C=O) groups excluding carboxylic acids is 2. The molecule has 1 rings (SSSR count). The molecule has 1 aromatic rings. The first kappa shape index (κ1) is 21.4. The van der Waals surface area contributed by atoms with Crippen LogP contribution in [0.2, 0.25) is 0 Å². The molecule has 0 saturated heterocycles. The third kappa shape index (κ3) is 7.09. The zero-order chi connectivity index (χ0) is 19.7. The van der Waals surface area contributed by atoms with E-state index in [1.807, 2.05) is 13.8 Å². The molecule has 0 aliphatic carbocycles. The van der Waals surface area contributed by atoms with Crippen LogP contribution in [0.4, 0.5) is 0 Å². The number of aromatic amines is 1. The maximum Gasteiger partial charge on any atom is 0.328 e. The van der Waals surface area contributed by atoms with Gasteiger partial charge in [0, 0.05) is 30.8 Å². The van der Waals surface area contributed by atoms with Crippen molar-refractivity contribution in [2.24, 2.45) is 22.2 Å². The van der Waals surface area contributed by atoms with Crippen LogP contribution in [0, 0.1) is 0 Å². The summed E-state index contributed by atoms with van der Waals surface area (Å²) in [6.07, 6.45) is 2.79. The quantitative estimate of drug-likeness (QED) is 0.154. The number of carbonyl (C=O) groups is 2. The molecule has 0 aliphatic rings. The molecule has 0 aromatic carbocycles. The number of imidazole rings is 1. The van der Waals surface area contributed by atoms with Crippen LogP contribution < -0.4 is 22.5 Å². The van der Waals surface area contributed by atoms with Crippen molar-refractivity contribution in [3.63, 3.8) is 0 Å². The molecule has 8 N–H and O–H groups in total. The number of methoxy groups -OCH3 is 1. The lowest BCUT2D eigenvalue weighted by Crippen LogP contribution is -2.49. The minimum atomic E-state index is -0.819. The smallest absolute Gasteiger partial charge is 0.328 e. The summed E-state index contributed by atoms with van der Waals surface area (Å²) in [5.41, 5.74) is 17.2. The Morgan fingerprint density at radius 2 is 2.08 bits per heavy atom. The summed E-state index contributed by atoms with van der Waals surface area (Å²) >= 11 is 0. The van der Waals surface area contributed by atoms with E-state index in [2.05, 4.69) is 20.3 Å². The molecule has 0 spiro atoms. The van der Waals surface area contributed by atoms with Gasteiger partial charge in [-0.3, -0.25) is 9.79 Å². The van der Waals surface area contributed by atoms with Crippen LogP contribution in [0.1, 0.15) is 44.1 Å². The summed E-state index contributed by atoms with van der Waals surface area (Å²) in [5, 5.41) is 2.62. The summed E-state index contributed by atoms with van der Waals surface area (Å²) in [7, 11) is 1.26. The maximum atomic E-state index is 12.3. The number of ether oxygens (including phenoxy) is 1. The Kier molecular flexibility index (Phi) is 8.56. The second kappa shape index (κ2) is 10.4. The highest BCUT2D eigenvalue weighted by molar-refractivity contribution is 5.87. The average molecular weight is 367 g/mol. The van der Waals surface area contributed by atoms with Crippen molar-refractivity contribution in [3.05, 3.63) is 17.7 Å². The van der Waals surface area contributed by atoms with Gasteiger partial charge < -0.3 is 32.2 Å². The van der Waals surface area contributed by atoms with Gasteiger partial charge in [0.15, 0.2) is 5.96 Å². The lowest BCUT2D eigenvalue weighted by Gasteiger charge is -2.18. The number of nitrogens with one attached hydrogen (secondary N) is 2. The number of aliphatic imine (C=N–C) groups is 1. The van der Waals surface area contributed by atoms with Crippen molar-refractivity contribution >= 4 is 17.8 Å². The fraction of sp³-hybridized carbons (Fsp3) is 0.625. The zero-order valence-electron chi connectivity index (χ0n) is 15.5. The summed E-state index contributed by atoms with van der Waals surface area (Å²) in [6.45, 7) is 4.38. The fourth-order valence-electron chi connectivity index (χ4n) is 2.28. The number of esters is 1. The number of hydrogen-bond acceptors (Lipinski definition) is 6. The standard InChI is InChI=1S/C16H29N7O3/c1-9(2)13-21-8-10(22-13)7-11(17)14(24)23-12(15(25)26-3)5-4-6-20-16(18)19/h8-9,11-12H,4-7,17H2,1-3H3,(H,21,22)(H,23,24)(H4,18,19,20)/t11-,12-/m0/s1. The number of aromatic nitrogens is 2. The number of nitrogens with two attached hydrogens (primary N) is 3. The Morgan fingerprint density at radius 1 is 1.38 bits per heavy atom. The first-order valence-corrected chi connectivity index (χ1v) is 8.47. The van der Waals surface area contributed by atoms with Gasteiger partial charge in [-0.1, -0.05) is 13.8 Å². The van der Waals surface area contributed by atoms with Gasteiger partial charge in [0.05, 0.1) is 13.2 Å². The monoisotopic (exact) mass is 367 g/mol. The number of hydrogen-bond donors (Lipinski definition) is 5. The van der Waals surface area contributed by atoms with Gasteiger partial charge in [-0.15, -0.1) is 0 Å². The van der Waals surface area contributed by atoms with E-state index in [0.717, 1.165) is 11.5 Å². The fourth-order valence-corrected chi connectivity index (χ4v) is 2.28. The molecule has 0 radical (unpaired) electrons. The summed E-state index contributed by atoms with van der Waals surface area (Å²) in [5.74, 6) is 0.0790. The Bertz CT molecular complexity index is 623. The lowest BCUT2D eigenvalue weighted by atomic mass is 10.1. The van der Waals surface area contributed by atoms with Crippen LogP contribution in [0.5, 0.6) is 0 Å². The van der Waals surface area contributed by atoms with Gasteiger partial charge >= 0.3 is 5.97 Å². The van der Waals surface area contributed by atoms with Gasteiger partial charge in [0.2, 0.25) is 5.91 Å². The Hall–Kier alpha value is -2.62. The van der Waals surface area contributed by atoms with E-state index in [1.54, 1.807) is 6.20 Å². The van der Waals surface area contributed by atoms with Crippen molar-refractivity contribution in [3.8, 4) is 0 Å². The first-order valence-electron chi connectivity index (χ1n) is 8.47. The predicted molar refractivity (Wildman–Crippen MR) is 98.2 cm³/mol. The molecular weight excluding hydrogens is 338 g/mol. The number of nitrogens with zero attached hydrogens (tertiary/aromatic N) is 2. The molecule has 0 aliphatic heterocycles. The third-order valence-corrected chi connectivity index (χ3v) is 3.72. The van der Waals surface area contributed by atoms with Crippen LogP contribution >= 0.6 is 0 Å².